The van der Waals surface area contributed by atoms with Gasteiger partial charge in [0.25, 0.3) is 0 Å². The predicted octanol–water partition coefficient (Wildman–Crippen LogP) is 2.75. The minimum Gasteiger partial charge on any atom is -0.478 e. The van der Waals surface area contributed by atoms with Crippen LogP contribution in [0.15, 0.2) is 18.3 Å². The van der Waals surface area contributed by atoms with Gasteiger partial charge in [-0.1, -0.05) is 31.2 Å². The number of hydrogen-bond donors (Lipinski definition) is 1. The van der Waals surface area contributed by atoms with Gasteiger partial charge >= 0.3 is 5.97 Å². The molecule has 116 valence electrons. The van der Waals surface area contributed by atoms with Crippen LogP contribution in [0.5, 0.6) is 0 Å². The third kappa shape index (κ3) is 3.62. The van der Waals surface area contributed by atoms with E-state index in [1.54, 1.807) is 12.1 Å². The second-order valence-corrected chi connectivity index (χ2v) is 12.5. The van der Waals surface area contributed by atoms with Gasteiger partial charge in [-0.25, -0.2) is 4.79 Å². The van der Waals surface area contributed by atoms with E-state index in [0.29, 0.717) is 24.3 Å². The van der Waals surface area contributed by atoms with Crippen molar-refractivity contribution >= 4 is 38.3 Å². The maximum atomic E-state index is 11.5. The van der Waals surface area contributed by atoms with Gasteiger partial charge in [0.2, 0.25) is 0 Å². The number of aromatic nitrogens is 1. The van der Waals surface area contributed by atoms with Crippen LogP contribution in [-0.4, -0.2) is 38.2 Å². The number of rotatable bonds is 6. The summed E-state index contributed by atoms with van der Waals surface area (Å²) < 4.78 is 7.60. The molecule has 0 atom stereocenters. The topological polar surface area (TPSA) is 51.5 Å². The molecule has 0 bridgehead atoms. The normalized spacial score (nSPS) is 12.0. The number of hydrogen-bond acceptors (Lipinski definition) is 2. The standard InChI is InChI=1S/C16H22BNO3Si/c1-11-9-18(10-21-7-8-22(2,3)4)15-12(16(19)20)5-6-13(17)14(11)15/h5-6,9H,7-8,10H2,1-4H3,(H,19,20). The molecule has 0 aliphatic rings. The summed E-state index contributed by atoms with van der Waals surface area (Å²) in [5, 5.41) is 10.2. The fourth-order valence-electron chi connectivity index (χ4n) is 2.50. The highest BCUT2D eigenvalue weighted by atomic mass is 28.3. The third-order valence-electron chi connectivity index (χ3n) is 3.70. The van der Waals surface area contributed by atoms with Crippen LogP contribution in [0.2, 0.25) is 25.7 Å². The molecule has 6 heteroatoms. The summed E-state index contributed by atoms with van der Waals surface area (Å²) in [5.74, 6) is -0.952. The Labute approximate surface area is 133 Å². The summed E-state index contributed by atoms with van der Waals surface area (Å²) in [5.41, 5.74) is 2.45. The van der Waals surface area contributed by atoms with E-state index in [-0.39, 0.29) is 5.56 Å². The van der Waals surface area contributed by atoms with E-state index in [1.165, 1.54) is 0 Å². The SMILES string of the molecule is [B]c1ccc(C(=O)O)c2c1c(C)cn2COCC[Si](C)(C)C. The first-order chi connectivity index (χ1) is 10.2. The lowest BCUT2D eigenvalue weighted by Gasteiger charge is -2.16. The van der Waals surface area contributed by atoms with Crippen molar-refractivity contribution in [1.82, 2.24) is 4.57 Å². The van der Waals surface area contributed by atoms with Crippen LogP contribution in [-0.2, 0) is 11.5 Å². The van der Waals surface area contributed by atoms with Gasteiger partial charge in [-0.05, 0) is 30.0 Å². The fourth-order valence-corrected chi connectivity index (χ4v) is 3.25. The van der Waals surface area contributed by atoms with E-state index in [1.807, 2.05) is 17.7 Å². The average Bonchev–Trinajstić information content (AvgIpc) is 2.72. The molecule has 0 amide bonds. The Morgan fingerprint density at radius 1 is 1.36 bits per heavy atom. The Hall–Kier alpha value is -1.53. The summed E-state index contributed by atoms with van der Waals surface area (Å²) in [7, 11) is 4.88. The molecule has 2 rings (SSSR count). The first-order valence-electron chi connectivity index (χ1n) is 7.39. The zero-order valence-electron chi connectivity index (χ0n) is 13.6. The number of carbonyl (C=O) groups is 1. The van der Waals surface area contributed by atoms with Crippen molar-refractivity contribution in [2.45, 2.75) is 39.3 Å². The minimum absolute atomic E-state index is 0.256. The van der Waals surface area contributed by atoms with Gasteiger partial charge in [-0.3, -0.25) is 0 Å². The van der Waals surface area contributed by atoms with Gasteiger partial charge in [0.15, 0.2) is 0 Å². The van der Waals surface area contributed by atoms with Crippen molar-refractivity contribution in [1.29, 1.82) is 0 Å². The lowest BCUT2D eigenvalue weighted by atomic mass is 9.89. The second-order valence-electron chi connectivity index (χ2n) is 6.86. The van der Waals surface area contributed by atoms with Gasteiger partial charge in [0, 0.05) is 20.9 Å². The molecule has 4 nitrogen and oxygen atoms in total. The van der Waals surface area contributed by atoms with Crippen molar-refractivity contribution in [2.75, 3.05) is 6.61 Å². The molecule has 0 aliphatic carbocycles. The zero-order chi connectivity index (χ0) is 16.5. The molecule has 2 radical (unpaired) electrons. The molecule has 0 saturated carbocycles. The zero-order valence-corrected chi connectivity index (χ0v) is 14.6. The maximum Gasteiger partial charge on any atom is 0.337 e. The Balaban J connectivity index is 2.30. The largest absolute Gasteiger partial charge is 0.478 e. The number of benzene rings is 1. The van der Waals surface area contributed by atoms with E-state index in [4.69, 9.17) is 12.6 Å². The van der Waals surface area contributed by atoms with Gasteiger partial charge in [-0.2, -0.15) is 0 Å². The summed E-state index contributed by atoms with van der Waals surface area (Å²) in [6, 6.07) is 4.28. The van der Waals surface area contributed by atoms with Gasteiger partial charge in [0.1, 0.15) is 14.6 Å². The quantitative estimate of drug-likeness (QED) is 0.659. The Kier molecular flexibility index (Phi) is 4.82. The summed E-state index contributed by atoms with van der Waals surface area (Å²) in [6.07, 6.45) is 1.90. The number of nitrogens with zero attached hydrogens (tertiary/aromatic N) is 1. The molecule has 0 fully saturated rings. The number of aromatic carboxylic acids is 1. The molecule has 0 aliphatic heterocycles. The van der Waals surface area contributed by atoms with E-state index in [2.05, 4.69) is 19.6 Å². The molecule has 1 aromatic heterocycles. The molecule has 0 unspecified atom stereocenters. The molecule has 1 heterocycles. The highest BCUT2D eigenvalue weighted by molar-refractivity contribution is 6.76. The van der Waals surface area contributed by atoms with Crippen LogP contribution < -0.4 is 5.46 Å². The molecule has 1 N–H and O–H groups in total. The minimum atomic E-state index is -1.13. The van der Waals surface area contributed by atoms with Crippen LogP contribution in [0.25, 0.3) is 10.9 Å². The van der Waals surface area contributed by atoms with Crippen LogP contribution in [0.1, 0.15) is 15.9 Å². The molecular formula is C16H22BNO3Si. The molecule has 2 aromatic rings. The Morgan fingerprint density at radius 2 is 2.05 bits per heavy atom. The third-order valence-corrected chi connectivity index (χ3v) is 5.40. The highest BCUT2D eigenvalue weighted by Crippen LogP contribution is 2.23. The van der Waals surface area contributed by atoms with Crippen molar-refractivity contribution < 1.29 is 14.6 Å². The molecule has 1 aromatic carbocycles. The molecule has 0 spiro atoms. The van der Waals surface area contributed by atoms with Crippen LogP contribution in [0, 0.1) is 6.92 Å². The van der Waals surface area contributed by atoms with Gasteiger partial charge in [0.05, 0.1) is 11.1 Å². The van der Waals surface area contributed by atoms with Crippen LogP contribution in [0.4, 0.5) is 0 Å². The van der Waals surface area contributed by atoms with Gasteiger partial charge in [-0.15, -0.1) is 0 Å². The average molecular weight is 315 g/mol. The predicted molar refractivity (Wildman–Crippen MR) is 93.1 cm³/mol. The van der Waals surface area contributed by atoms with E-state index >= 15 is 0 Å². The number of fused-ring (bicyclic) bond motifs is 1. The first-order valence-corrected chi connectivity index (χ1v) is 11.1. The Morgan fingerprint density at radius 3 is 2.64 bits per heavy atom. The summed E-state index contributed by atoms with van der Waals surface area (Å²) in [6.45, 7) is 9.87. The van der Waals surface area contributed by atoms with Crippen LogP contribution >= 0.6 is 0 Å². The van der Waals surface area contributed by atoms with E-state index in [9.17, 15) is 9.90 Å². The number of ether oxygens (including phenoxy) is 1. The van der Waals surface area contributed by atoms with Crippen molar-refractivity contribution in [3.8, 4) is 0 Å². The van der Waals surface area contributed by atoms with E-state index in [0.717, 1.165) is 17.0 Å². The first kappa shape index (κ1) is 16.8. The number of carboxylic acid groups (broad SMARTS) is 1. The van der Waals surface area contributed by atoms with Crippen LogP contribution in [0.3, 0.4) is 0 Å². The highest BCUT2D eigenvalue weighted by Gasteiger charge is 2.17. The van der Waals surface area contributed by atoms with Crippen molar-refractivity contribution in [3.63, 3.8) is 0 Å². The lowest BCUT2D eigenvalue weighted by molar-refractivity contribution is 0.0696. The Bertz CT molecular complexity index is 703. The van der Waals surface area contributed by atoms with E-state index < -0.39 is 14.0 Å². The smallest absolute Gasteiger partial charge is 0.337 e. The summed E-state index contributed by atoms with van der Waals surface area (Å²) >= 11 is 0. The number of aryl methyl sites for hydroxylation is 1. The summed E-state index contributed by atoms with van der Waals surface area (Å²) in [4.78, 5) is 11.5. The fraction of sp³-hybridized carbons (Fsp3) is 0.438. The second kappa shape index (κ2) is 6.30. The van der Waals surface area contributed by atoms with Gasteiger partial charge < -0.3 is 14.4 Å². The lowest BCUT2D eigenvalue weighted by Crippen LogP contribution is -2.22. The van der Waals surface area contributed by atoms with Crippen molar-refractivity contribution in [3.05, 3.63) is 29.5 Å². The maximum absolute atomic E-state index is 11.5. The monoisotopic (exact) mass is 315 g/mol. The molecular weight excluding hydrogens is 293 g/mol. The molecule has 22 heavy (non-hydrogen) atoms. The molecule has 0 saturated heterocycles. The number of carboxylic acids is 1. The van der Waals surface area contributed by atoms with Crippen molar-refractivity contribution in [2.24, 2.45) is 0 Å².